The molecule has 0 aromatic carbocycles. The molecule has 68 valence electrons. The van der Waals surface area contributed by atoms with Gasteiger partial charge < -0.3 is 9.47 Å². The Morgan fingerprint density at radius 3 is 2.50 bits per heavy atom. The van der Waals surface area contributed by atoms with Crippen LogP contribution < -0.4 is 0 Å². The van der Waals surface area contributed by atoms with E-state index < -0.39 is 6.29 Å². The minimum atomic E-state index is -0.734. The molecule has 12 heavy (non-hydrogen) atoms. The van der Waals surface area contributed by atoms with E-state index in [-0.39, 0.29) is 5.78 Å². The molecule has 3 heteroatoms. The Morgan fingerprint density at radius 1 is 1.50 bits per heavy atom. The van der Waals surface area contributed by atoms with Gasteiger partial charge in [-0.15, -0.1) is 12.3 Å². The van der Waals surface area contributed by atoms with E-state index >= 15 is 0 Å². The van der Waals surface area contributed by atoms with Crippen molar-refractivity contribution < 1.29 is 14.3 Å². The van der Waals surface area contributed by atoms with E-state index in [0.29, 0.717) is 19.3 Å². The van der Waals surface area contributed by atoms with Gasteiger partial charge in [-0.3, -0.25) is 4.79 Å². The molecule has 0 fully saturated rings. The molecule has 0 aliphatic rings. The van der Waals surface area contributed by atoms with Crippen LogP contribution in [0, 0.1) is 12.3 Å². The highest BCUT2D eigenvalue weighted by Crippen LogP contribution is 2.02. The maximum Gasteiger partial charge on any atom is 0.217 e. The van der Waals surface area contributed by atoms with Crippen molar-refractivity contribution in [2.45, 2.75) is 25.6 Å². The molecule has 0 aromatic heterocycles. The molecule has 0 spiro atoms. The van der Waals surface area contributed by atoms with Crippen molar-refractivity contribution in [2.24, 2.45) is 0 Å². The zero-order valence-electron chi connectivity index (χ0n) is 7.50. The van der Waals surface area contributed by atoms with Crippen LogP contribution in [0.3, 0.4) is 0 Å². The summed E-state index contributed by atoms with van der Waals surface area (Å²) in [5.41, 5.74) is 0. The second-order valence-corrected chi connectivity index (χ2v) is 2.33. The van der Waals surface area contributed by atoms with Crippen molar-refractivity contribution in [3.63, 3.8) is 0 Å². The van der Waals surface area contributed by atoms with Gasteiger partial charge in [0.05, 0.1) is 0 Å². The van der Waals surface area contributed by atoms with E-state index in [4.69, 9.17) is 15.9 Å². The maximum atomic E-state index is 11.2. The first-order valence-corrected chi connectivity index (χ1v) is 3.78. The summed E-state index contributed by atoms with van der Waals surface area (Å²) in [4.78, 5) is 11.2. The molecule has 0 aliphatic carbocycles. The second kappa shape index (κ2) is 6.84. The molecular formula is C9H14O3. The number of hydrogen-bond donors (Lipinski definition) is 0. The number of carbonyl (C=O) groups excluding carboxylic acids is 1. The van der Waals surface area contributed by atoms with E-state index in [2.05, 4.69) is 5.92 Å². The summed E-state index contributed by atoms with van der Waals surface area (Å²) in [6.45, 7) is 0. The van der Waals surface area contributed by atoms with E-state index in [9.17, 15) is 4.79 Å². The number of methoxy groups -OCH3 is 2. The number of terminal acetylenes is 1. The third-order valence-electron chi connectivity index (χ3n) is 1.44. The van der Waals surface area contributed by atoms with E-state index in [1.54, 1.807) is 0 Å². The van der Waals surface area contributed by atoms with Crippen molar-refractivity contribution >= 4 is 5.78 Å². The molecule has 0 N–H and O–H groups in total. The maximum absolute atomic E-state index is 11.2. The molecule has 3 nitrogen and oxygen atoms in total. The van der Waals surface area contributed by atoms with Gasteiger partial charge in [0.1, 0.15) is 0 Å². The second-order valence-electron chi connectivity index (χ2n) is 2.33. The van der Waals surface area contributed by atoms with Crippen LogP contribution >= 0.6 is 0 Å². The number of Topliss-reactive ketones (excluding diaryl/α,β-unsaturated/α-hetero) is 1. The Hall–Kier alpha value is -0.850. The highest BCUT2D eigenvalue weighted by Gasteiger charge is 2.14. The van der Waals surface area contributed by atoms with Gasteiger partial charge in [-0.25, -0.2) is 0 Å². The summed E-state index contributed by atoms with van der Waals surface area (Å²) >= 11 is 0. The topological polar surface area (TPSA) is 35.5 Å². The minimum absolute atomic E-state index is 0.0600. The number of carbonyl (C=O) groups is 1. The first-order valence-electron chi connectivity index (χ1n) is 3.78. The summed E-state index contributed by atoms with van der Waals surface area (Å²) in [5, 5.41) is 0. The van der Waals surface area contributed by atoms with Crippen LogP contribution in [-0.4, -0.2) is 26.3 Å². The Morgan fingerprint density at radius 2 is 2.08 bits per heavy atom. The van der Waals surface area contributed by atoms with E-state index in [1.807, 2.05) is 0 Å². The van der Waals surface area contributed by atoms with Gasteiger partial charge >= 0.3 is 0 Å². The molecule has 0 amide bonds. The number of rotatable bonds is 6. The van der Waals surface area contributed by atoms with Gasteiger partial charge in [-0.2, -0.15) is 0 Å². The number of ketones is 1. The Labute approximate surface area is 73.0 Å². The highest BCUT2D eigenvalue weighted by molar-refractivity contribution is 5.81. The van der Waals surface area contributed by atoms with E-state index in [1.165, 1.54) is 14.2 Å². The van der Waals surface area contributed by atoms with Crippen LogP contribution in [-0.2, 0) is 14.3 Å². The molecule has 0 aliphatic heterocycles. The standard InChI is InChI=1S/C9H14O3/c1-4-5-6-7-8(10)9(11-2)12-3/h1,9H,5-7H2,2-3H3. The van der Waals surface area contributed by atoms with Crippen molar-refractivity contribution in [3.8, 4) is 12.3 Å². The summed E-state index contributed by atoms with van der Waals surface area (Å²) in [6.07, 6.45) is 6.02. The Balaban J connectivity index is 3.63. The van der Waals surface area contributed by atoms with Crippen LogP contribution in [0.4, 0.5) is 0 Å². The normalized spacial score (nSPS) is 9.83. The Kier molecular flexibility index (Phi) is 6.35. The first-order chi connectivity index (χ1) is 5.76. The van der Waals surface area contributed by atoms with Crippen LogP contribution in [0.2, 0.25) is 0 Å². The lowest BCUT2D eigenvalue weighted by atomic mass is 10.2. The number of unbranched alkanes of at least 4 members (excludes halogenated alkanes) is 1. The van der Waals surface area contributed by atoms with Gasteiger partial charge in [0.2, 0.25) is 6.29 Å². The lowest BCUT2D eigenvalue weighted by molar-refractivity contribution is -0.156. The fourth-order valence-electron chi connectivity index (χ4n) is 0.842. The molecule has 0 aromatic rings. The van der Waals surface area contributed by atoms with Gasteiger partial charge in [0.15, 0.2) is 5.78 Å². The van der Waals surface area contributed by atoms with Crippen molar-refractivity contribution in [1.82, 2.24) is 0 Å². The average molecular weight is 170 g/mol. The van der Waals surface area contributed by atoms with Gasteiger partial charge in [-0.1, -0.05) is 0 Å². The fourth-order valence-corrected chi connectivity index (χ4v) is 0.842. The number of ether oxygens (including phenoxy) is 2. The highest BCUT2D eigenvalue weighted by atomic mass is 16.7. The van der Waals surface area contributed by atoms with Crippen LogP contribution in [0.15, 0.2) is 0 Å². The summed E-state index contributed by atoms with van der Waals surface area (Å²) in [6, 6.07) is 0. The molecule has 0 saturated carbocycles. The molecule has 0 saturated heterocycles. The van der Waals surface area contributed by atoms with Gasteiger partial charge in [-0.05, 0) is 6.42 Å². The average Bonchev–Trinajstić information content (AvgIpc) is 2.07. The van der Waals surface area contributed by atoms with Crippen LogP contribution in [0.5, 0.6) is 0 Å². The van der Waals surface area contributed by atoms with Crippen LogP contribution in [0.25, 0.3) is 0 Å². The predicted molar refractivity (Wildman–Crippen MR) is 45.5 cm³/mol. The smallest absolute Gasteiger partial charge is 0.217 e. The molecule has 0 atom stereocenters. The first kappa shape index (κ1) is 11.2. The predicted octanol–water partition coefficient (Wildman–Crippen LogP) is 0.978. The minimum Gasteiger partial charge on any atom is -0.349 e. The molecule has 0 heterocycles. The molecule has 0 rings (SSSR count). The number of hydrogen-bond acceptors (Lipinski definition) is 3. The quantitative estimate of drug-likeness (QED) is 0.338. The lowest BCUT2D eigenvalue weighted by Crippen LogP contribution is -2.24. The van der Waals surface area contributed by atoms with Crippen molar-refractivity contribution in [1.29, 1.82) is 0 Å². The lowest BCUT2D eigenvalue weighted by Gasteiger charge is -2.10. The van der Waals surface area contributed by atoms with Crippen LogP contribution in [0.1, 0.15) is 19.3 Å². The van der Waals surface area contributed by atoms with Gasteiger partial charge in [0.25, 0.3) is 0 Å². The molecular weight excluding hydrogens is 156 g/mol. The van der Waals surface area contributed by atoms with E-state index in [0.717, 1.165) is 0 Å². The summed E-state index contributed by atoms with van der Waals surface area (Å²) in [7, 11) is 2.88. The SMILES string of the molecule is C#CCCCC(=O)C(OC)OC. The summed E-state index contributed by atoms with van der Waals surface area (Å²) in [5.74, 6) is 2.40. The monoisotopic (exact) mass is 170 g/mol. The molecule has 0 radical (unpaired) electrons. The zero-order valence-corrected chi connectivity index (χ0v) is 7.50. The fraction of sp³-hybridized carbons (Fsp3) is 0.667. The third kappa shape index (κ3) is 4.12. The largest absolute Gasteiger partial charge is 0.349 e. The van der Waals surface area contributed by atoms with Crippen molar-refractivity contribution in [2.75, 3.05) is 14.2 Å². The Bertz CT molecular complexity index is 165. The van der Waals surface area contributed by atoms with Gasteiger partial charge in [0, 0.05) is 27.1 Å². The third-order valence-corrected chi connectivity index (χ3v) is 1.44. The summed E-state index contributed by atoms with van der Waals surface area (Å²) < 4.78 is 9.54. The van der Waals surface area contributed by atoms with Crippen molar-refractivity contribution in [3.05, 3.63) is 0 Å². The molecule has 0 unspecified atom stereocenters. The zero-order chi connectivity index (χ0) is 9.40. The molecule has 0 bridgehead atoms.